The minimum absolute atomic E-state index is 0.0464. The average Bonchev–Trinajstić information content (AvgIpc) is 2.67. The van der Waals surface area contributed by atoms with Gasteiger partial charge in [0.25, 0.3) is 0 Å². The smallest absolute Gasteiger partial charge is 0.396 e. The molecular formula is C19H26F3N7O. The number of halogens is 3. The van der Waals surface area contributed by atoms with Gasteiger partial charge in [0.05, 0.1) is 5.69 Å². The maximum absolute atomic E-state index is 13.9. The Kier molecular flexibility index (Phi) is 5.48. The second-order valence-electron chi connectivity index (χ2n) is 7.99. The first kappa shape index (κ1) is 20.7. The molecule has 3 N–H and O–H groups in total. The number of hydrogen-bond donors (Lipinski definition) is 2. The van der Waals surface area contributed by atoms with E-state index >= 15 is 0 Å². The first-order valence-electron chi connectivity index (χ1n) is 10.1. The maximum Gasteiger partial charge on any atom is 0.413 e. The van der Waals surface area contributed by atoms with Crippen LogP contribution in [0.1, 0.15) is 25.0 Å². The summed E-state index contributed by atoms with van der Waals surface area (Å²) < 4.78 is 41.7. The molecule has 0 aliphatic carbocycles. The summed E-state index contributed by atoms with van der Waals surface area (Å²) in [4.78, 5) is 18.0. The average molecular weight is 425 g/mol. The minimum Gasteiger partial charge on any atom is -0.396 e. The highest BCUT2D eigenvalue weighted by Gasteiger charge is 2.48. The number of aromatic nitrogens is 2. The van der Waals surface area contributed by atoms with Crippen LogP contribution in [0.4, 0.5) is 24.9 Å². The van der Waals surface area contributed by atoms with Gasteiger partial charge >= 0.3 is 6.18 Å². The molecule has 3 aliphatic heterocycles. The number of nitrogens with two attached hydrogens (primary N) is 1. The molecule has 1 atom stereocenters. The number of anilines is 2. The second kappa shape index (κ2) is 7.93. The summed E-state index contributed by atoms with van der Waals surface area (Å²) in [5, 5.41) is 9.37. The summed E-state index contributed by atoms with van der Waals surface area (Å²) >= 11 is 0. The van der Waals surface area contributed by atoms with Crippen molar-refractivity contribution < 1.29 is 18.3 Å². The van der Waals surface area contributed by atoms with Gasteiger partial charge in [0.2, 0.25) is 5.95 Å². The Morgan fingerprint density at radius 2 is 1.83 bits per heavy atom. The fraction of sp³-hybridized carbons (Fsp3) is 0.632. The highest BCUT2D eigenvalue weighted by molar-refractivity contribution is 5.86. The number of hydrogen-bond acceptors (Lipinski definition) is 8. The third kappa shape index (κ3) is 3.90. The van der Waals surface area contributed by atoms with Crippen molar-refractivity contribution in [2.45, 2.75) is 31.5 Å². The zero-order valence-corrected chi connectivity index (χ0v) is 16.8. The lowest BCUT2D eigenvalue weighted by Gasteiger charge is -2.37. The van der Waals surface area contributed by atoms with E-state index in [-0.39, 0.29) is 29.8 Å². The fourth-order valence-electron chi connectivity index (χ4n) is 3.97. The van der Waals surface area contributed by atoms with Crippen molar-refractivity contribution in [2.75, 3.05) is 49.6 Å². The van der Waals surface area contributed by atoms with Crippen molar-refractivity contribution in [3.63, 3.8) is 0 Å². The molecule has 1 unspecified atom stereocenters. The number of guanidine groups is 1. The van der Waals surface area contributed by atoms with Crippen molar-refractivity contribution in [2.24, 2.45) is 16.6 Å². The Hall–Kier alpha value is -2.56. The van der Waals surface area contributed by atoms with Crippen LogP contribution >= 0.6 is 0 Å². The second-order valence-corrected chi connectivity index (χ2v) is 7.99. The third-order valence-corrected chi connectivity index (χ3v) is 6.02. The monoisotopic (exact) mass is 425 g/mol. The largest absolute Gasteiger partial charge is 0.413 e. The number of alkyl halides is 3. The highest BCUT2D eigenvalue weighted by Crippen LogP contribution is 2.37. The van der Waals surface area contributed by atoms with E-state index in [0.717, 1.165) is 43.5 Å². The molecule has 30 heavy (non-hydrogen) atoms. The molecule has 11 heteroatoms. The van der Waals surface area contributed by atoms with Crippen molar-refractivity contribution in [1.82, 2.24) is 14.9 Å². The number of piperidine rings is 1. The zero-order chi connectivity index (χ0) is 21.5. The van der Waals surface area contributed by atoms with E-state index in [0.29, 0.717) is 24.9 Å². The van der Waals surface area contributed by atoms with Crippen molar-refractivity contribution >= 4 is 23.3 Å². The van der Waals surface area contributed by atoms with Crippen LogP contribution < -0.4 is 15.5 Å². The van der Waals surface area contributed by atoms with Gasteiger partial charge in [-0.1, -0.05) is 0 Å². The summed E-state index contributed by atoms with van der Waals surface area (Å²) in [6.45, 7) is 3.08. The van der Waals surface area contributed by atoms with Gasteiger partial charge in [-0.25, -0.2) is 9.98 Å². The normalized spacial score (nSPS) is 23.2. The van der Waals surface area contributed by atoms with E-state index in [9.17, 15) is 18.3 Å². The van der Waals surface area contributed by atoms with Crippen molar-refractivity contribution in [1.29, 1.82) is 0 Å². The molecule has 0 radical (unpaired) electrons. The van der Waals surface area contributed by atoms with Crippen LogP contribution in [0.15, 0.2) is 17.3 Å². The van der Waals surface area contributed by atoms with Gasteiger partial charge < -0.3 is 25.5 Å². The third-order valence-electron chi connectivity index (χ3n) is 6.02. The zero-order valence-electron chi connectivity index (χ0n) is 16.8. The summed E-state index contributed by atoms with van der Waals surface area (Å²) in [6.07, 6.45) is -0.769. The van der Waals surface area contributed by atoms with Crippen molar-refractivity contribution in [3.8, 4) is 0 Å². The topological polar surface area (TPSA) is 94.1 Å². The number of aliphatic hydroxyl groups excluding tert-OH is 1. The molecule has 0 spiro atoms. The molecule has 1 aromatic heterocycles. The summed E-state index contributed by atoms with van der Waals surface area (Å²) in [5.74, 6) is 1.08. The molecular weight excluding hydrogens is 399 g/mol. The molecule has 0 aromatic carbocycles. The van der Waals surface area contributed by atoms with Gasteiger partial charge in [0.1, 0.15) is 5.82 Å². The fourth-order valence-corrected chi connectivity index (χ4v) is 3.97. The summed E-state index contributed by atoms with van der Waals surface area (Å²) in [7, 11) is 1.28. The number of rotatable bonds is 4. The molecule has 0 saturated carbocycles. The van der Waals surface area contributed by atoms with Crippen LogP contribution in [-0.2, 0) is 0 Å². The number of aliphatic imine (C=N–C) groups is 1. The highest BCUT2D eigenvalue weighted by atomic mass is 19.4. The first-order valence-corrected chi connectivity index (χ1v) is 10.1. The Balaban J connectivity index is 1.73. The Morgan fingerprint density at radius 1 is 1.13 bits per heavy atom. The first-order chi connectivity index (χ1) is 14.3. The van der Waals surface area contributed by atoms with E-state index < -0.39 is 12.2 Å². The minimum atomic E-state index is -4.54. The van der Waals surface area contributed by atoms with Gasteiger partial charge in [-0.3, -0.25) is 0 Å². The standard InChI is InChI=1S/C19H26F3N7O/c1-27-16(19(20,21)22)13(10-24-17(27)23)14-9-15(28-5-2-6-28)26-18(25-14)29-7-3-12(11-30)4-8-29/h9-10,12,16,30H,2-8,11H2,1H3,(H2,23,24). The Bertz CT molecular complexity index is 845. The molecule has 2 fully saturated rings. The summed E-state index contributed by atoms with van der Waals surface area (Å²) in [5.41, 5.74) is 5.81. The number of aliphatic hydroxyl groups is 1. The van der Waals surface area contributed by atoms with Crippen LogP contribution in [0.2, 0.25) is 0 Å². The van der Waals surface area contributed by atoms with Crippen LogP contribution in [0, 0.1) is 5.92 Å². The van der Waals surface area contributed by atoms with E-state index in [1.807, 2.05) is 9.80 Å². The van der Waals surface area contributed by atoms with Crippen LogP contribution in [-0.4, -0.2) is 78.0 Å². The quantitative estimate of drug-likeness (QED) is 0.754. The molecule has 4 rings (SSSR count). The molecule has 8 nitrogen and oxygen atoms in total. The van der Waals surface area contributed by atoms with Crippen LogP contribution in [0.25, 0.3) is 5.57 Å². The maximum atomic E-state index is 13.9. The Morgan fingerprint density at radius 3 is 2.40 bits per heavy atom. The number of nitrogens with zero attached hydrogens (tertiary/aromatic N) is 6. The summed E-state index contributed by atoms with van der Waals surface area (Å²) in [6, 6.07) is -0.319. The lowest BCUT2D eigenvalue weighted by atomic mass is 9.98. The Labute approximate surface area is 172 Å². The lowest BCUT2D eigenvalue weighted by Crippen LogP contribution is -2.51. The van der Waals surface area contributed by atoms with Gasteiger partial charge in [0, 0.05) is 57.7 Å². The molecule has 3 aliphatic rings. The molecule has 0 bridgehead atoms. The van der Waals surface area contributed by atoms with Gasteiger partial charge in [-0.2, -0.15) is 18.2 Å². The molecule has 4 heterocycles. The van der Waals surface area contributed by atoms with E-state index in [2.05, 4.69) is 15.0 Å². The van der Waals surface area contributed by atoms with Crippen LogP contribution in [0.5, 0.6) is 0 Å². The molecule has 0 amide bonds. The predicted octanol–water partition coefficient (Wildman–Crippen LogP) is 1.43. The molecule has 2 saturated heterocycles. The van der Waals surface area contributed by atoms with Gasteiger partial charge in [-0.05, 0) is 25.2 Å². The van der Waals surface area contributed by atoms with E-state index in [1.165, 1.54) is 7.05 Å². The van der Waals surface area contributed by atoms with Gasteiger partial charge in [0.15, 0.2) is 12.0 Å². The molecule has 1 aromatic rings. The van der Waals surface area contributed by atoms with E-state index in [4.69, 9.17) is 5.73 Å². The molecule has 164 valence electrons. The predicted molar refractivity (Wildman–Crippen MR) is 108 cm³/mol. The van der Waals surface area contributed by atoms with Gasteiger partial charge in [-0.15, -0.1) is 0 Å². The number of likely N-dealkylation sites (N-methyl/N-ethyl adjacent to an activating group) is 1. The van der Waals surface area contributed by atoms with Crippen molar-refractivity contribution in [3.05, 3.63) is 18.0 Å². The lowest BCUT2D eigenvalue weighted by molar-refractivity contribution is -0.155. The SMILES string of the molecule is CN1C(N)=NC=C(c2cc(N3CCC3)nc(N3CCC(CO)CC3)n2)C1C(F)(F)F. The van der Waals surface area contributed by atoms with E-state index in [1.54, 1.807) is 6.07 Å². The van der Waals surface area contributed by atoms with Crippen LogP contribution in [0.3, 0.4) is 0 Å².